The molecule has 17 heavy (non-hydrogen) atoms. The Bertz CT molecular complexity index is 536. The third kappa shape index (κ3) is 1.92. The van der Waals surface area contributed by atoms with Crippen molar-refractivity contribution in [3.8, 4) is 0 Å². The predicted molar refractivity (Wildman–Crippen MR) is 73.0 cm³/mol. The largest absolute Gasteiger partial charge is 0.339 e. The van der Waals surface area contributed by atoms with Gasteiger partial charge in [-0.15, -0.1) is 11.8 Å². The van der Waals surface area contributed by atoms with Crippen LogP contribution in [-0.4, -0.2) is 20.7 Å². The van der Waals surface area contributed by atoms with E-state index in [4.69, 9.17) is 23.2 Å². The zero-order chi connectivity index (χ0) is 12.0. The summed E-state index contributed by atoms with van der Waals surface area (Å²) in [6, 6.07) is 1.78. The van der Waals surface area contributed by atoms with Crippen molar-refractivity contribution in [3.05, 3.63) is 22.1 Å². The van der Waals surface area contributed by atoms with Crippen LogP contribution in [0.2, 0.25) is 10.2 Å². The highest BCUT2D eigenvalue weighted by Gasteiger charge is 2.34. The average molecular weight is 288 g/mol. The molecule has 1 atom stereocenters. The van der Waals surface area contributed by atoms with Crippen LogP contribution in [0.3, 0.4) is 0 Å². The lowest BCUT2D eigenvalue weighted by molar-refractivity contribution is 0.614. The van der Waals surface area contributed by atoms with E-state index < -0.39 is 0 Å². The molecule has 1 fully saturated rings. The Morgan fingerprint density at radius 1 is 1.41 bits per heavy atom. The van der Waals surface area contributed by atoms with Gasteiger partial charge in [-0.1, -0.05) is 23.2 Å². The fraction of sp³-hybridized carbons (Fsp3) is 0.455. The van der Waals surface area contributed by atoms with Crippen molar-refractivity contribution in [2.24, 2.45) is 0 Å². The average Bonchev–Trinajstić information content (AvgIpc) is 2.87. The molecule has 0 aliphatic carbocycles. The number of fused-ring (bicyclic) bond motifs is 1. The first kappa shape index (κ1) is 11.6. The second kappa shape index (κ2) is 4.04. The van der Waals surface area contributed by atoms with Crippen molar-refractivity contribution in [3.63, 3.8) is 0 Å². The lowest BCUT2D eigenvalue weighted by Crippen LogP contribution is -2.14. The number of H-pyrrole nitrogens is 1. The van der Waals surface area contributed by atoms with Gasteiger partial charge in [-0.25, -0.2) is 9.97 Å². The third-order valence-electron chi connectivity index (χ3n) is 3.10. The molecule has 6 heteroatoms. The lowest BCUT2D eigenvalue weighted by atomic mass is 10.1. The minimum atomic E-state index is 0.0691. The summed E-state index contributed by atoms with van der Waals surface area (Å²) in [4.78, 5) is 12.0. The molecule has 90 valence electrons. The Morgan fingerprint density at radius 3 is 2.94 bits per heavy atom. The van der Waals surface area contributed by atoms with Gasteiger partial charge in [0.25, 0.3) is 0 Å². The molecule has 1 saturated heterocycles. The first-order valence-electron chi connectivity index (χ1n) is 5.45. The maximum absolute atomic E-state index is 5.94. The Morgan fingerprint density at radius 2 is 2.24 bits per heavy atom. The molecule has 1 aliphatic rings. The van der Waals surface area contributed by atoms with Crippen molar-refractivity contribution in [1.82, 2.24) is 15.0 Å². The van der Waals surface area contributed by atoms with Gasteiger partial charge in [-0.3, -0.25) is 0 Å². The van der Waals surface area contributed by atoms with Gasteiger partial charge in [-0.05, 0) is 31.6 Å². The maximum Gasteiger partial charge on any atom is 0.179 e. The first-order chi connectivity index (χ1) is 8.08. The van der Waals surface area contributed by atoms with Crippen LogP contribution in [0.25, 0.3) is 11.2 Å². The minimum absolute atomic E-state index is 0.0691. The van der Waals surface area contributed by atoms with E-state index in [-0.39, 0.29) is 4.75 Å². The second-order valence-electron chi connectivity index (χ2n) is 4.40. The summed E-state index contributed by atoms with van der Waals surface area (Å²) in [5.41, 5.74) is 1.49. The van der Waals surface area contributed by atoms with E-state index in [0.717, 1.165) is 17.8 Å². The van der Waals surface area contributed by atoms with E-state index in [0.29, 0.717) is 15.8 Å². The smallest absolute Gasteiger partial charge is 0.179 e. The number of halogens is 2. The van der Waals surface area contributed by atoms with Crippen molar-refractivity contribution in [2.75, 3.05) is 5.75 Å². The lowest BCUT2D eigenvalue weighted by Gasteiger charge is -2.18. The van der Waals surface area contributed by atoms with Crippen molar-refractivity contribution in [1.29, 1.82) is 0 Å². The predicted octanol–water partition coefficient (Wildman–Crippen LogP) is 4.01. The molecule has 2 aromatic rings. The Kier molecular flexibility index (Phi) is 2.76. The van der Waals surface area contributed by atoms with Gasteiger partial charge in [-0.2, -0.15) is 0 Å². The zero-order valence-corrected chi connectivity index (χ0v) is 11.6. The SMILES string of the molecule is CC1(c2nc3nc(Cl)c(Cl)cc3[nH]2)CCCS1. The second-order valence-corrected chi connectivity index (χ2v) is 6.76. The highest BCUT2D eigenvalue weighted by atomic mass is 35.5. The number of aromatic nitrogens is 3. The fourth-order valence-corrected chi connectivity index (χ4v) is 3.66. The molecule has 3 rings (SSSR count). The topological polar surface area (TPSA) is 41.6 Å². The van der Waals surface area contributed by atoms with Crippen LogP contribution >= 0.6 is 35.0 Å². The van der Waals surface area contributed by atoms with E-state index >= 15 is 0 Å². The van der Waals surface area contributed by atoms with E-state index in [1.165, 1.54) is 12.2 Å². The number of nitrogens with zero attached hydrogens (tertiary/aromatic N) is 2. The van der Waals surface area contributed by atoms with E-state index in [1.54, 1.807) is 6.07 Å². The van der Waals surface area contributed by atoms with Crippen LogP contribution < -0.4 is 0 Å². The molecule has 3 nitrogen and oxygen atoms in total. The maximum atomic E-state index is 5.94. The van der Waals surface area contributed by atoms with Crippen molar-refractivity contribution in [2.45, 2.75) is 24.5 Å². The summed E-state index contributed by atoms with van der Waals surface area (Å²) >= 11 is 13.8. The molecule has 3 heterocycles. The summed E-state index contributed by atoms with van der Waals surface area (Å²) in [6.45, 7) is 2.21. The zero-order valence-electron chi connectivity index (χ0n) is 9.26. The number of nitrogens with one attached hydrogen (secondary N) is 1. The normalized spacial score (nSPS) is 24.6. The van der Waals surface area contributed by atoms with Gasteiger partial charge in [0.05, 0.1) is 15.3 Å². The number of rotatable bonds is 1. The summed E-state index contributed by atoms with van der Waals surface area (Å²) in [5.74, 6) is 2.16. The molecule has 0 bridgehead atoms. The quantitative estimate of drug-likeness (QED) is 0.806. The molecular formula is C11H11Cl2N3S. The van der Waals surface area contributed by atoms with Crippen LogP contribution in [0, 0.1) is 0 Å². The molecule has 0 aromatic carbocycles. The number of hydrogen-bond donors (Lipinski definition) is 1. The van der Waals surface area contributed by atoms with Crippen LogP contribution in [0.5, 0.6) is 0 Å². The number of imidazole rings is 1. The summed E-state index contributed by atoms with van der Waals surface area (Å²) in [5, 5.41) is 0.764. The monoisotopic (exact) mass is 287 g/mol. The molecule has 2 aromatic heterocycles. The Hall–Kier alpha value is -0.450. The van der Waals surface area contributed by atoms with Gasteiger partial charge in [0.15, 0.2) is 5.65 Å². The molecule has 1 N–H and O–H groups in total. The third-order valence-corrected chi connectivity index (χ3v) is 5.30. The van der Waals surface area contributed by atoms with Crippen LogP contribution in [0.1, 0.15) is 25.6 Å². The van der Waals surface area contributed by atoms with Crippen LogP contribution in [0.15, 0.2) is 6.07 Å². The van der Waals surface area contributed by atoms with E-state index in [9.17, 15) is 0 Å². The molecule has 0 spiro atoms. The highest BCUT2D eigenvalue weighted by Crippen LogP contribution is 2.45. The number of thioether (sulfide) groups is 1. The number of hydrogen-bond acceptors (Lipinski definition) is 3. The van der Waals surface area contributed by atoms with Crippen LogP contribution in [-0.2, 0) is 4.75 Å². The standard InChI is InChI=1S/C11H11Cl2N3S/c1-11(3-2-4-17-11)10-14-7-5-6(12)8(13)15-9(7)16-10/h5H,2-4H2,1H3,(H,14,15,16). The minimum Gasteiger partial charge on any atom is -0.339 e. The summed E-state index contributed by atoms with van der Waals surface area (Å²) in [6.07, 6.45) is 2.37. The number of pyridine rings is 1. The molecule has 0 radical (unpaired) electrons. The van der Waals surface area contributed by atoms with Gasteiger partial charge < -0.3 is 4.98 Å². The first-order valence-corrected chi connectivity index (χ1v) is 7.19. The molecule has 0 amide bonds. The number of aromatic amines is 1. The van der Waals surface area contributed by atoms with Gasteiger partial charge in [0, 0.05) is 0 Å². The van der Waals surface area contributed by atoms with Gasteiger partial charge in [0.1, 0.15) is 11.0 Å². The van der Waals surface area contributed by atoms with E-state index in [2.05, 4.69) is 21.9 Å². The molecular weight excluding hydrogens is 277 g/mol. The summed E-state index contributed by atoms with van der Waals surface area (Å²) < 4.78 is 0.0691. The van der Waals surface area contributed by atoms with Gasteiger partial charge in [0.2, 0.25) is 0 Å². The van der Waals surface area contributed by atoms with Gasteiger partial charge >= 0.3 is 0 Å². The molecule has 0 saturated carbocycles. The van der Waals surface area contributed by atoms with Crippen LogP contribution in [0.4, 0.5) is 0 Å². The highest BCUT2D eigenvalue weighted by molar-refractivity contribution is 8.00. The molecule has 1 aliphatic heterocycles. The Balaban J connectivity index is 2.13. The fourth-order valence-electron chi connectivity index (χ4n) is 2.11. The van der Waals surface area contributed by atoms with E-state index in [1.807, 2.05) is 11.8 Å². The van der Waals surface area contributed by atoms with Crippen molar-refractivity contribution < 1.29 is 0 Å². The Labute approximate surface area is 113 Å². The molecule has 1 unspecified atom stereocenters. The van der Waals surface area contributed by atoms with Crippen molar-refractivity contribution >= 4 is 46.1 Å². The summed E-state index contributed by atoms with van der Waals surface area (Å²) in [7, 11) is 0.